The van der Waals surface area contributed by atoms with E-state index in [1.807, 2.05) is 45.0 Å². The number of carbonyl (C=O) groups excluding carboxylic acids is 1. The summed E-state index contributed by atoms with van der Waals surface area (Å²) >= 11 is 0. The van der Waals surface area contributed by atoms with E-state index >= 15 is 0 Å². The van der Waals surface area contributed by atoms with E-state index in [4.69, 9.17) is 4.74 Å². The Morgan fingerprint density at radius 1 is 1.10 bits per heavy atom. The maximum absolute atomic E-state index is 13.7. The number of anilines is 1. The van der Waals surface area contributed by atoms with Crippen LogP contribution in [0.2, 0.25) is 0 Å². The SMILES string of the molecule is COc1ccc(C)cc1S(=O)(=O)N(CC(=O)Nc1cccc(C)c1C)C1CCCCC1. The fraction of sp³-hybridized carbons (Fsp3) is 0.458. The summed E-state index contributed by atoms with van der Waals surface area (Å²) in [5.74, 6) is -0.0455. The first-order chi connectivity index (χ1) is 14.7. The highest BCUT2D eigenvalue weighted by atomic mass is 32.2. The number of benzene rings is 2. The minimum Gasteiger partial charge on any atom is -0.495 e. The van der Waals surface area contributed by atoms with Gasteiger partial charge in [0.2, 0.25) is 15.9 Å². The van der Waals surface area contributed by atoms with Crippen molar-refractivity contribution < 1.29 is 17.9 Å². The van der Waals surface area contributed by atoms with Gasteiger partial charge in [0.05, 0.1) is 13.7 Å². The predicted molar refractivity (Wildman–Crippen MR) is 123 cm³/mol. The zero-order valence-corrected chi connectivity index (χ0v) is 19.6. The Labute approximate surface area is 185 Å². The van der Waals surface area contributed by atoms with Crippen molar-refractivity contribution in [2.24, 2.45) is 0 Å². The molecule has 0 unspecified atom stereocenters. The summed E-state index contributed by atoms with van der Waals surface area (Å²) in [5, 5.41) is 2.91. The van der Waals surface area contributed by atoms with E-state index in [0.29, 0.717) is 11.4 Å². The second-order valence-corrected chi connectivity index (χ2v) is 10.2. The Kier molecular flexibility index (Phi) is 7.38. The van der Waals surface area contributed by atoms with Crippen LogP contribution in [-0.2, 0) is 14.8 Å². The number of nitrogens with zero attached hydrogens (tertiary/aromatic N) is 1. The first-order valence-electron chi connectivity index (χ1n) is 10.8. The highest BCUT2D eigenvalue weighted by molar-refractivity contribution is 7.89. The Bertz CT molecular complexity index is 1040. The van der Waals surface area contributed by atoms with Crippen LogP contribution in [0.3, 0.4) is 0 Å². The van der Waals surface area contributed by atoms with Crippen LogP contribution < -0.4 is 10.1 Å². The second kappa shape index (κ2) is 9.83. The first-order valence-corrected chi connectivity index (χ1v) is 12.2. The number of ether oxygens (including phenoxy) is 1. The number of methoxy groups -OCH3 is 1. The van der Waals surface area contributed by atoms with Crippen LogP contribution in [0, 0.1) is 20.8 Å². The summed E-state index contributed by atoms with van der Waals surface area (Å²) < 4.78 is 34.2. The molecule has 1 N–H and O–H groups in total. The van der Waals surface area contributed by atoms with Crippen molar-refractivity contribution in [3.05, 3.63) is 53.1 Å². The van der Waals surface area contributed by atoms with Gasteiger partial charge in [-0.15, -0.1) is 0 Å². The van der Waals surface area contributed by atoms with Gasteiger partial charge in [0.15, 0.2) is 0 Å². The number of nitrogens with one attached hydrogen (secondary N) is 1. The van der Waals surface area contributed by atoms with Gasteiger partial charge in [-0.25, -0.2) is 8.42 Å². The molecule has 1 aliphatic rings. The molecule has 0 bridgehead atoms. The van der Waals surface area contributed by atoms with Crippen molar-refractivity contribution >= 4 is 21.6 Å². The molecule has 2 aromatic carbocycles. The Balaban J connectivity index is 1.94. The Morgan fingerprint density at radius 3 is 2.48 bits per heavy atom. The summed E-state index contributed by atoms with van der Waals surface area (Å²) in [6.07, 6.45) is 4.52. The van der Waals surface area contributed by atoms with Crippen LogP contribution in [0.1, 0.15) is 48.8 Å². The monoisotopic (exact) mass is 444 g/mol. The van der Waals surface area contributed by atoms with Gasteiger partial charge in [0.1, 0.15) is 10.6 Å². The lowest BCUT2D eigenvalue weighted by atomic mass is 9.95. The van der Waals surface area contributed by atoms with Crippen molar-refractivity contribution in [3.63, 3.8) is 0 Å². The molecule has 0 aromatic heterocycles. The number of rotatable bonds is 7. The molecule has 0 radical (unpaired) electrons. The van der Waals surface area contributed by atoms with Crippen LogP contribution >= 0.6 is 0 Å². The summed E-state index contributed by atoms with van der Waals surface area (Å²) in [7, 11) is -2.46. The zero-order valence-electron chi connectivity index (χ0n) is 18.8. The minimum absolute atomic E-state index is 0.111. The van der Waals surface area contributed by atoms with E-state index in [2.05, 4.69) is 5.32 Å². The minimum atomic E-state index is -3.92. The molecule has 1 saturated carbocycles. The van der Waals surface area contributed by atoms with E-state index in [1.165, 1.54) is 11.4 Å². The Morgan fingerprint density at radius 2 is 1.81 bits per heavy atom. The standard InChI is InChI=1S/C24H32N2O4S/c1-17-13-14-22(30-4)23(15-17)31(28,29)26(20-10-6-5-7-11-20)16-24(27)25-21-12-8-9-18(2)19(21)3/h8-9,12-15,20H,5-7,10-11,16H2,1-4H3,(H,25,27). The lowest BCUT2D eigenvalue weighted by Gasteiger charge is -2.33. The van der Waals surface area contributed by atoms with E-state index in [1.54, 1.807) is 12.1 Å². The van der Waals surface area contributed by atoms with E-state index in [9.17, 15) is 13.2 Å². The first kappa shape index (κ1) is 23.3. The van der Waals surface area contributed by atoms with E-state index in [0.717, 1.165) is 48.8 Å². The van der Waals surface area contributed by atoms with Crippen molar-refractivity contribution in [1.82, 2.24) is 4.31 Å². The van der Waals surface area contributed by atoms with Gasteiger partial charge in [0.25, 0.3) is 0 Å². The molecule has 168 valence electrons. The van der Waals surface area contributed by atoms with Gasteiger partial charge in [0, 0.05) is 11.7 Å². The molecular formula is C24H32N2O4S. The molecule has 2 aromatic rings. The van der Waals surface area contributed by atoms with Crippen LogP contribution in [0.15, 0.2) is 41.3 Å². The number of carbonyl (C=O) groups is 1. The average Bonchev–Trinajstić information content (AvgIpc) is 2.75. The van der Waals surface area contributed by atoms with Crippen LogP contribution in [-0.4, -0.2) is 38.3 Å². The van der Waals surface area contributed by atoms with Gasteiger partial charge in [-0.1, -0.05) is 37.5 Å². The van der Waals surface area contributed by atoms with E-state index in [-0.39, 0.29) is 23.4 Å². The fourth-order valence-electron chi connectivity index (χ4n) is 4.11. The number of hydrogen-bond acceptors (Lipinski definition) is 4. The molecule has 0 aliphatic heterocycles. The molecule has 0 atom stereocenters. The maximum atomic E-state index is 13.7. The molecule has 31 heavy (non-hydrogen) atoms. The molecule has 3 rings (SSSR count). The number of aryl methyl sites for hydroxylation is 2. The second-order valence-electron chi connectivity index (χ2n) is 8.29. The Hall–Kier alpha value is -2.38. The lowest BCUT2D eigenvalue weighted by Crippen LogP contribution is -2.45. The number of hydrogen-bond donors (Lipinski definition) is 1. The molecule has 1 aliphatic carbocycles. The smallest absolute Gasteiger partial charge is 0.247 e. The topological polar surface area (TPSA) is 75.7 Å². The summed E-state index contributed by atoms with van der Waals surface area (Å²) in [4.78, 5) is 13.1. The van der Waals surface area contributed by atoms with Gasteiger partial charge in [-0.05, 0) is 68.5 Å². The molecule has 0 saturated heterocycles. The maximum Gasteiger partial charge on any atom is 0.247 e. The largest absolute Gasteiger partial charge is 0.495 e. The predicted octanol–water partition coefficient (Wildman–Crippen LogP) is 4.58. The van der Waals surface area contributed by atoms with Crippen molar-refractivity contribution in [1.29, 1.82) is 0 Å². The quantitative estimate of drug-likeness (QED) is 0.678. The summed E-state index contributed by atoms with van der Waals surface area (Å²) in [6.45, 7) is 5.54. The third-order valence-electron chi connectivity index (χ3n) is 6.07. The van der Waals surface area contributed by atoms with Crippen molar-refractivity contribution in [3.8, 4) is 5.75 Å². The van der Waals surface area contributed by atoms with Crippen molar-refractivity contribution in [2.75, 3.05) is 19.0 Å². The highest BCUT2D eigenvalue weighted by Gasteiger charge is 2.35. The molecule has 0 spiro atoms. The zero-order chi connectivity index (χ0) is 22.6. The van der Waals surface area contributed by atoms with Crippen molar-refractivity contribution in [2.45, 2.75) is 63.8 Å². The van der Waals surface area contributed by atoms with E-state index < -0.39 is 10.0 Å². The molecule has 1 fully saturated rings. The molecule has 0 heterocycles. The number of sulfonamides is 1. The summed E-state index contributed by atoms with van der Waals surface area (Å²) in [6, 6.07) is 10.6. The normalized spacial score (nSPS) is 15.1. The lowest BCUT2D eigenvalue weighted by molar-refractivity contribution is -0.116. The number of amides is 1. The third kappa shape index (κ3) is 5.28. The molecular weight excluding hydrogens is 412 g/mol. The third-order valence-corrected chi connectivity index (χ3v) is 7.99. The van der Waals surface area contributed by atoms with Crippen LogP contribution in [0.25, 0.3) is 0 Å². The molecule has 7 heteroatoms. The van der Waals surface area contributed by atoms with Gasteiger partial charge < -0.3 is 10.1 Å². The summed E-state index contributed by atoms with van der Waals surface area (Å²) in [5.41, 5.74) is 3.57. The molecule has 6 nitrogen and oxygen atoms in total. The van der Waals surface area contributed by atoms with Gasteiger partial charge >= 0.3 is 0 Å². The van der Waals surface area contributed by atoms with Gasteiger partial charge in [-0.2, -0.15) is 4.31 Å². The van der Waals surface area contributed by atoms with Crippen LogP contribution in [0.5, 0.6) is 5.75 Å². The van der Waals surface area contributed by atoms with Crippen LogP contribution in [0.4, 0.5) is 5.69 Å². The highest BCUT2D eigenvalue weighted by Crippen LogP contribution is 2.32. The fourth-order valence-corrected chi connectivity index (χ4v) is 5.99. The average molecular weight is 445 g/mol. The van der Waals surface area contributed by atoms with Gasteiger partial charge in [-0.3, -0.25) is 4.79 Å². The molecule has 1 amide bonds.